The Balaban J connectivity index is 1.04. The third kappa shape index (κ3) is 11.5. The second kappa shape index (κ2) is 23.2. The van der Waals surface area contributed by atoms with Crippen LogP contribution in [-0.4, -0.2) is 51.3 Å². The highest BCUT2D eigenvalue weighted by atomic mass is 32.3. The first kappa shape index (κ1) is 52.0. The van der Waals surface area contributed by atoms with E-state index in [1.165, 1.54) is 28.3 Å². The van der Waals surface area contributed by atoms with Crippen LogP contribution in [0.5, 0.6) is 5.75 Å². The summed E-state index contributed by atoms with van der Waals surface area (Å²) in [5.74, 6) is -2.09. The fourth-order valence-electron chi connectivity index (χ4n) is 8.95. The number of benzene rings is 7. The molecule has 0 spiro atoms. The number of oxime groups is 1. The Hall–Kier alpha value is -9.46. The van der Waals surface area contributed by atoms with Crippen molar-refractivity contribution < 1.29 is 41.3 Å². The van der Waals surface area contributed by atoms with Gasteiger partial charge in [-0.25, -0.2) is 4.98 Å². The molecule has 1 atom stereocenters. The van der Waals surface area contributed by atoms with E-state index >= 15 is 0 Å². The van der Waals surface area contributed by atoms with Gasteiger partial charge in [-0.05, 0) is 38.9 Å². The Labute approximate surface area is 453 Å². The predicted octanol–water partition coefficient (Wildman–Crippen LogP) is 9.59. The van der Waals surface area contributed by atoms with Crippen LogP contribution < -0.4 is 25.6 Å². The van der Waals surface area contributed by atoms with Crippen molar-refractivity contribution in [2.45, 2.75) is 30.4 Å². The van der Waals surface area contributed by atoms with Crippen molar-refractivity contribution in [1.29, 1.82) is 0 Å². The third-order valence-electron chi connectivity index (χ3n) is 12.7. The summed E-state index contributed by atoms with van der Waals surface area (Å²) < 4.78 is 44.7. The summed E-state index contributed by atoms with van der Waals surface area (Å²) in [5, 5.41) is 12.7. The number of pyridine rings is 1. The summed E-state index contributed by atoms with van der Waals surface area (Å²) in [6, 6.07) is 67.2. The molecule has 7 aromatic carbocycles. The maximum atomic E-state index is 14.5. The molecule has 18 heteroatoms. The zero-order valence-electron chi connectivity index (χ0n) is 41.3. The quantitative estimate of drug-likeness (QED) is 0.0203. The van der Waals surface area contributed by atoms with E-state index in [-0.39, 0.29) is 27.9 Å². The fraction of sp³-hybridized carbons (Fsp3) is 0.0833. The Morgan fingerprint density at radius 2 is 1.14 bits per heavy atom. The number of rotatable bonds is 21. The fourth-order valence-corrected chi connectivity index (χ4v) is 10.1. The van der Waals surface area contributed by atoms with Crippen molar-refractivity contribution in [3.8, 4) is 5.75 Å². The summed E-state index contributed by atoms with van der Waals surface area (Å²) in [6.07, 6.45) is 0.0289. The van der Waals surface area contributed by atoms with Gasteiger partial charge in [-0.3, -0.25) is 18.9 Å². The van der Waals surface area contributed by atoms with Crippen LogP contribution in [-0.2, 0) is 41.3 Å². The normalized spacial score (nSPS) is 13.7. The van der Waals surface area contributed by atoms with Crippen molar-refractivity contribution in [2.24, 2.45) is 5.16 Å². The molecule has 1 fully saturated rings. The van der Waals surface area contributed by atoms with E-state index in [4.69, 9.17) is 19.4 Å². The topological polar surface area (TPSA) is 200 Å². The van der Waals surface area contributed by atoms with E-state index in [0.717, 1.165) is 38.9 Å². The van der Waals surface area contributed by atoms with Crippen molar-refractivity contribution in [2.75, 3.05) is 5.32 Å². The molecule has 1 aliphatic rings. The molecule has 9 aromatic rings. The molecular weight excluding hydrogens is 1030 g/mol. The summed E-state index contributed by atoms with van der Waals surface area (Å²) in [6.45, 7) is 3.19. The third-order valence-corrected chi connectivity index (χ3v) is 13.8. The van der Waals surface area contributed by atoms with Crippen LogP contribution in [0.1, 0.15) is 62.5 Å². The molecular formula is C60H48N6O10S2. The van der Waals surface area contributed by atoms with Gasteiger partial charge >= 0.3 is 10.4 Å². The summed E-state index contributed by atoms with van der Waals surface area (Å²) in [5.41, 5.74) is 3.73. The van der Waals surface area contributed by atoms with E-state index < -0.39 is 63.7 Å². The van der Waals surface area contributed by atoms with Gasteiger partial charge in [-0.15, -0.1) is 15.6 Å². The van der Waals surface area contributed by atoms with Gasteiger partial charge in [-0.2, -0.15) is 18.2 Å². The molecule has 78 heavy (non-hydrogen) atoms. The number of anilines is 1. The van der Waals surface area contributed by atoms with Gasteiger partial charge in [0.25, 0.3) is 11.8 Å². The maximum Gasteiger partial charge on any atom is 0.418 e. The van der Waals surface area contributed by atoms with Crippen molar-refractivity contribution >= 4 is 44.4 Å². The lowest BCUT2D eigenvalue weighted by Crippen LogP contribution is -2.62. The minimum Gasteiger partial charge on any atom is -0.475 e. The zero-order chi connectivity index (χ0) is 54.1. The van der Waals surface area contributed by atoms with E-state index in [9.17, 15) is 27.4 Å². The van der Waals surface area contributed by atoms with Gasteiger partial charge in [0.1, 0.15) is 23.0 Å². The second-order valence-electron chi connectivity index (χ2n) is 17.7. The second-order valence-corrected chi connectivity index (χ2v) is 19.6. The lowest BCUT2D eigenvalue weighted by Gasteiger charge is -2.37. The number of thiazole rings is 1. The molecule has 10 rings (SSSR count). The molecule has 390 valence electrons. The number of hydrogen-bond acceptors (Lipinski definition) is 13. The molecule has 16 nitrogen and oxygen atoms in total. The van der Waals surface area contributed by atoms with E-state index in [2.05, 4.69) is 26.7 Å². The van der Waals surface area contributed by atoms with Gasteiger partial charge < -0.3 is 25.0 Å². The number of nitrogens with zero attached hydrogens (tertiary/aromatic N) is 4. The largest absolute Gasteiger partial charge is 0.475 e. The molecule has 0 bridgehead atoms. The van der Waals surface area contributed by atoms with Gasteiger partial charge in [-0.1, -0.05) is 224 Å². The van der Waals surface area contributed by atoms with Crippen LogP contribution in [0.15, 0.2) is 252 Å². The number of carbonyl (C=O) groups excluding carboxylic acids is 2. The van der Waals surface area contributed by atoms with Crippen LogP contribution in [0.2, 0.25) is 0 Å². The summed E-state index contributed by atoms with van der Waals surface area (Å²) in [7, 11) is -5.12. The molecule has 1 aliphatic heterocycles. The van der Waals surface area contributed by atoms with Gasteiger partial charge in [0, 0.05) is 11.4 Å². The Morgan fingerprint density at radius 3 is 1.59 bits per heavy atom. The van der Waals surface area contributed by atoms with E-state index in [1.54, 1.807) is 5.38 Å². The molecule has 3 N–H and O–H groups in total. The molecule has 0 saturated carbocycles. The SMILES string of the molecule is C=C1[C@H](NC(=O)/C(=N\OCc2cc(=O)c(OC(c3ccccc3)c3ccccc3)cn2OC(c2ccccc2)c2ccccc2)c2csc(NC(c3ccccc3)(c3ccccc3)c3ccccc3)n2)C(=O)N1OS(=O)(=O)O. The van der Waals surface area contributed by atoms with E-state index in [0.29, 0.717) is 5.13 Å². The monoisotopic (exact) mass is 1080 g/mol. The number of β-lactam (4-membered cyclic amide) rings is 1. The highest BCUT2D eigenvalue weighted by Gasteiger charge is 2.47. The maximum absolute atomic E-state index is 14.5. The standard InChI is InChI=1S/C60H48N6O10S2/c1-41-53(58(69)66(41)76-78(70,71)72)62-57(68)54(50-40-77-59(61-50)63-60(46-31-17-6-18-32-46,47-33-19-7-20-34-47)48-35-21-8-22-36-48)64-73-39-49-37-51(67)52(74-55(42-23-9-2-10-24-42)43-25-11-3-12-26-43)38-65(49)75-56(44-27-13-4-14-28-44)45-29-15-5-16-30-45/h2-38,40,53,55-56H,1,39H2,(H,61,63)(H,62,68)(H,70,71,72)/b64-54-/t53-/m0/s1. The highest BCUT2D eigenvalue weighted by molar-refractivity contribution is 7.80. The molecule has 2 aromatic heterocycles. The Kier molecular flexibility index (Phi) is 15.5. The Morgan fingerprint density at radius 1 is 0.692 bits per heavy atom. The number of carbonyl (C=O) groups is 2. The molecule has 0 unspecified atom stereocenters. The number of ether oxygens (including phenoxy) is 1. The van der Waals surface area contributed by atoms with Crippen molar-refractivity contribution in [3.05, 3.63) is 303 Å². The number of aromatic nitrogens is 2. The molecule has 0 aliphatic carbocycles. The molecule has 1 saturated heterocycles. The summed E-state index contributed by atoms with van der Waals surface area (Å²) >= 11 is 1.17. The molecule has 3 heterocycles. The number of amides is 2. The molecule has 0 radical (unpaired) electrons. The highest BCUT2D eigenvalue weighted by Crippen LogP contribution is 2.41. The molecule has 2 amide bonds. The zero-order valence-corrected chi connectivity index (χ0v) is 42.9. The smallest absolute Gasteiger partial charge is 0.418 e. The van der Waals surface area contributed by atoms with Crippen LogP contribution in [0.4, 0.5) is 5.13 Å². The van der Waals surface area contributed by atoms with Crippen LogP contribution in [0, 0.1) is 0 Å². The average Bonchev–Trinajstić information content (AvgIpc) is 4.05. The van der Waals surface area contributed by atoms with Crippen LogP contribution in [0.25, 0.3) is 0 Å². The van der Waals surface area contributed by atoms with Gasteiger partial charge in [0.15, 0.2) is 35.3 Å². The first-order valence-corrected chi connectivity index (χ1v) is 26.6. The first-order chi connectivity index (χ1) is 37.9. The number of hydrogen-bond donors (Lipinski definition) is 3. The minimum absolute atomic E-state index is 0.00462. The lowest BCUT2D eigenvalue weighted by atomic mass is 9.77. The lowest BCUT2D eigenvalue weighted by molar-refractivity contribution is -0.168. The number of nitrogens with one attached hydrogen (secondary N) is 2. The number of hydroxylamine groups is 2. The van der Waals surface area contributed by atoms with Crippen molar-refractivity contribution in [1.82, 2.24) is 20.1 Å². The van der Waals surface area contributed by atoms with Crippen molar-refractivity contribution in [3.63, 3.8) is 0 Å². The van der Waals surface area contributed by atoms with Crippen LogP contribution >= 0.6 is 11.3 Å². The van der Waals surface area contributed by atoms with Gasteiger partial charge in [0.2, 0.25) is 5.43 Å². The minimum atomic E-state index is -5.12. The average molecular weight is 1080 g/mol. The summed E-state index contributed by atoms with van der Waals surface area (Å²) in [4.78, 5) is 59.7. The predicted molar refractivity (Wildman–Crippen MR) is 294 cm³/mol. The Bertz CT molecular complexity index is 3550. The first-order valence-electron chi connectivity index (χ1n) is 24.4. The van der Waals surface area contributed by atoms with E-state index in [1.807, 2.05) is 212 Å². The van der Waals surface area contributed by atoms with Gasteiger partial charge in [0.05, 0.1) is 11.9 Å². The van der Waals surface area contributed by atoms with Crippen LogP contribution in [0.3, 0.4) is 0 Å².